The lowest BCUT2D eigenvalue weighted by molar-refractivity contribution is -0.870. The van der Waals surface area contributed by atoms with Gasteiger partial charge in [0.15, 0.2) is 12.4 Å². The van der Waals surface area contributed by atoms with Crippen molar-refractivity contribution in [3.63, 3.8) is 0 Å². The van der Waals surface area contributed by atoms with Crippen LogP contribution < -0.4 is 5.11 Å². The fourth-order valence-electron chi connectivity index (χ4n) is 8.33. The number of likely N-dealkylation sites (N-methyl/N-ethyl adjacent to an activating group) is 1. The zero-order valence-corrected chi connectivity index (χ0v) is 48.0. The minimum absolute atomic E-state index is 0.135. The van der Waals surface area contributed by atoms with Gasteiger partial charge in [0.1, 0.15) is 13.2 Å². The highest BCUT2D eigenvalue weighted by Crippen LogP contribution is 2.16. The highest BCUT2D eigenvalue weighted by atomic mass is 16.7. The van der Waals surface area contributed by atoms with E-state index in [0.717, 1.165) is 51.4 Å². The summed E-state index contributed by atoms with van der Waals surface area (Å²) in [6.45, 7) is 4.58. The molecular weight excluding hydrogens is 911 g/mol. The lowest BCUT2D eigenvalue weighted by Crippen LogP contribution is -2.44. The molecule has 0 heterocycles. The second-order valence-corrected chi connectivity index (χ2v) is 21.3. The summed E-state index contributed by atoms with van der Waals surface area (Å²) in [4.78, 5) is 37.2. The number of allylic oxidation sites excluding steroid dienone is 12. The van der Waals surface area contributed by atoms with Crippen LogP contribution in [-0.4, -0.2) is 82.3 Å². The predicted molar refractivity (Wildman–Crippen MR) is 306 cm³/mol. The zero-order valence-electron chi connectivity index (χ0n) is 48.0. The molecule has 73 heavy (non-hydrogen) atoms. The van der Waals surface area contributed by atoms with Gasteiger partial charge in [-0.3, -0.25) is 9.59 Å². The van der Waals surface area contributed by atoms with Crippen molar-refractivity contribution in [1.82, 2.24) is 0 Å². The molecule has 0 bridgehead atoms. The smallest absolute Gasteiger partial charge is 0.306 e. The highest BCUT2D eigenvalue weighted by Gasteiger charge is 2.22. The van der Waals surface area contributed by atoms with Crippen molar-refractivity contribution in [3.05, 3.63) is 72.9 Å². The van der Waals surface area contributed by atoms with Gasteiger partial charge in [-0.05, 0) is 77.0 Å². The predicted octanol–water partition coefficient (Wildman–Crippen LogP) is 16.5. The molecular formula is C64H113NO8. The number of nitrogens with zero attached hydrogens (tertiary/aromatic N) is 1. The van der Waals surface area contributed by atoms with Crippen LogP contribution in [0.4, 0.5) is 0 Å². The second kappa shape index (κ2) is 55.0. The van der Waals surface area contributed by atoms with Crippen LogP contribution in [-0.2, 0) is 33.3 Å². The van der Waals surface area contributed by atoms with Crippen LogP contribution in [0.1, 0.15) is 258 Å². The minimum Gasteiger partial charge on any atom is -0.545 e. The molecule has 422 valence electrons. The van der Waals surface area contributed by atoms with Gasteiger partial charge in [0.2, 0.25) is 0 Å². The summed E-state index contributed by atoms with van der Waals surface area (Å²) in [6, 6.07) is 0. The molecule has 0 spiro atoms. The molecule has 0 aliphatic heterocycles. The topological polar surface area (TPSA) is 111 Å². The van der Waals surface area contributed by atoms with Crippen LogP contribution in [0.3, 0.4) is 0 Å². The molecule has 0 fully saturated rings. The van der Waals surface area contributed by atoms with E-state index in [2.05, 4.69) is 86.8 Å². The van der Waals surface area contributed by atoms with Crippen LogP contribution in [0.2, 0.25) is 0 Å². The number of unbranched alkanes of at least 4 members (excludes halogenated alkanes) is 28. The molecule has 0 N–H and O–H groups in total. The summed E-state index contributed by atoms with van der Waals surface area (Å²) in [5, 5.41) is 11.8. The quantitative estimate of drug-likeness (QED) is 0.0195. The maximum atomic E-state index is 12.8. The summed E-state index contributed by atoms with van der Waals surface area (Å²) in [5.74, 6) is -2.36. The first-order valence-corrected chi connectivity index (χ1v) is 30.1. The molecule has 0 saturated heterocycles. The average molecular weight is 1020 g/mol. The van der Waals surface area contributed by atoms with E-state index in [1.54, 1.807) is 0 Å². The molecule has 0 radical (unpaired) electrons. The third kappa shape index (κ3) is 56.3. The van der Waals surface area contributed by atoms with Crippen LogP contribution in [0.5, 0.6) is 0 Å². The summed E-state index contributed by atoms with van der Waals surface area (Å²) >= 11 is 0. The number of aliphatic carboxylic acids is 1. The molecule has 0 amide bonds. The van der Waals surface area contributed by atoms with Gasteiger partial charge in [-0.15, -0.1) is 0 Å². The van der Waals surface area contributed by atoms with Crippen molar-refractivity contribution >= 4 is 17.9 Å². The number of carbonyl (C=O) groups is 3. The van der Waals surface area contributed by atoms with E-state index in [4.69, 9.17) is 18.9 Å². The van der Waals surface area contributed by atoms with E-state index in [9.17, 15) is 19.5 Å². The Hall–Kier alpha value is -3.27. The van der Waals surface area contributed by atoms with Gasteiger partial charge < -0.3 is 33.3 Å². The molecule has 2 unspecified atom stereocenters. The molecule has 0 aliphatic rings. The maximum absolute atomic E-state index is 12.8. The van der Waals surface area contributed by atoms with Gasteiger partial charge in [0.05, 0.1) is 40.3 Å². The number of hydrogen-bond acceptors (Lipinski definition) is 8. The molecule has 9 heteroatoms. The van der Waals surface area contributed by atoms with Crippen molar-refractivity contribution in [1.29, 1.82) is 0 Å². The Balaban J connectivity index is 4.15. The highest BCUT2D eigenvalue weighted by molar-refractivity contribution is 5.70. The summed E-state index contributed by atoms with van der Waals surface area (Å²) in [6.07, 6.45) is 68.4. The molecule has 0 aliphatic carbocycles. The SMILES string of the molecule is CC/C=C\C/C=C\C/C=C\C/C=C\C/C=C\CCCC(=O)OC(COC(=O)CCCCCCCCCCCCCCCCCCCCC/C=C\CCCCCCCCCC)COC(OCC[N+](C)(C)C)C(=O)[O-]. The Morgan fingerprint density at radius 3 is 1.22 bits per heavy atom. The maximum Gasteiger partial charge on any atom is 0.306 e. The molecule has 0 aromatic rings. The van der Waals surface area contributed by atoms with E-state index in [0.29, 0.717) is 23.9 Å². The van der Waals surface area contributed by atoms with Crippen LogP contribution in [0, 0.1) is 0 Å². The number of rotatable bonds is 55. The second-order valence-electron chi connectivity index (χ2n) is 21.3. The minimum atomic E-state index is -1.64. The van der Waals surface area contributed by atoms with Gasteiger partial charge in [0, 0.05) is 12.8 Å². The number of ether oxygens (including phenoxy) is 4. The molecule has 0 rings (SSSR count). The third-order valence-corrected chi connectivity index (χ3v) is 12.9. The van der Waals surface area contributed by atoms with E-state index in [1.807, 2.05) is 21.1 Å². The molecule has 2 atom stereocenters. The molecule has 0 aromatic heterocycles. The third-order valence-electron chi connectivity index (χ3n) is 12.9. The number of carboxylic acid groups (broad SMARTS) is 1. The molecule has 0 saturated carbocycles. The van der Waals surface area contributed by atoms with Crippen LogP contribution in [0.25, 0.3) is 0 Å². The van der Waals surface area contributed by atoms with E-state index < -0.39 is 24.3 Å². The molecule has 0 aromatic carbocycles. The molecule has 9 nitrogen and oxygen atoms in total. The van der Waals surface area contributed by atoms with Crippen molar-refractivity contribution in [2.24, 2.45) is 0 Å². The largest absolute Gasteiger partial charge is 0.545 e. The fraction of sp³-hybridized carbons (Fsp3) is 0.766. The number of quaternary nitrogens is 1. The monoisotopic (exact) mass is 1020 g/mol. The first-order valence-electron chi connectivity index (χ1n) is 30.1. The van der Waals surface area contributed by atoms with Gasteiger partial charge in [0.25, 0.3) is 0 Å². The lowest BCUT2D eigenvalue weighted by Gasteiger charge is -2.26. The first-order chi connectivity index (χ1) is 35.6. The van der Waals surface area contributed by atoms with Crippen molar-refractivity contribution < 1.29 is 42.9 Å². The van der Waals surface area contributed by atoms with Gasteiger partial charge in [-0.2, -0.15) is 0 Å². The standard InChI is InChI=1S/C64H113NO8/c1-6-8-10-12-14-16-18-20-22-24-25-26-27-28-29-30-31-32-33-34-35-36-37-39-40-42-44-46-48-50-52-54-61(66)71-58-60(59-72-64(63(68)69)70-57-56-65(3,4)5)73-62(67)55-53-51-49-47-45-43-41-38-23-21-19-17-15-13-11-9-7-2/h9,11,15,17,21,23-25,41,43,47,49,60,64H,6-8,10,12-14,16,18-20,22,26-40,42,44-46,48,50-59H2,1-5H3/b11-9-,17-15-,23-21-,25-24-,43-41-,49-47-. The average Bonchev–Trinajstić information content (AvgIpc) is 3.36. The van der Waals surface area contributed by atoms with Crippen LogP contribution >= 0.6 is 0 Å². The summed E-state index contributed by atoms with van der Waals surface area (Å²) in [7, 11) is 5.90. The van der Waals surface area contributed by atoms with Crippen molar-refractivity contribution in [2.45, 2.75) is 270 Å². The zero-order chi connectivity index (χ0) is 53.4. The lowest BCUT2D eigenvalue weighted by atomic mass is 10.0. The Morgan fingerprint density at radius 1 is 0.425 bits per heavy atom. The van der Waals surface area contributed by atoms with Crippen molar-refractivity contribution in [3.8, 4) is 0 Å². The Labute approximate surface area is 449 Å². The van der Waals surface area contributed by atoms with Gasteiger partial charge in [-0.25, -0.2) is 0 Å². The Morgan fingerprint density at radius 2 is 0.795 bits per heavy atom. The number of carboxylic acids is 1. The first kappa shape index (κ1) is 69.7. The summed E-state index contributed by atoms with van der Waals surface area (Å²) < 4.78 is 22.6. The summed E-state index contributed by atoms with van der Waals surface area (Å²) in [5.41, 5.74) is 0. The Bertz CT molecular complexity index is 1420. The normalized spacial score (nSPS) is 13.3. The van der Waals surface area contributed by atoms with Crippen LogP contribution in [0.15, 0.2) is 72.9 Å². The number of hydrogen-bond donors (Lipinski definition) is 0. The fourth-order valence-corrected chi connectivity index (χ4v) is 8.33. The number of carbonyl (C=O) groups excluding carboxylic acids is 3. The number of esters is 2. The van der Waals surface area contributed by atoms with Gasteiger partial charge >= 0.3 is 11.9 Å². The van der Waals surface area contributed by atoms with E-state index in [-0.39, 0.29) is 38.6 Å². The Kier molecular flexibility index (Phi) is 52.5. The van der Waals surface area contributed by atoms with E-state index >= 15 is 0 Å². The van der Waals surface area contributed by atoms with E-state index in [1.165, 1.54) is 167 Å². The van der Waals surface area contributed by atoms with Crippen molar-refractivity contribution in [2.75, 3.05) is 47.5 Å². The van der Waals surface area contributed by atoms with Gasteiger partial charge in [-0.1, -0.05) is 241 Å².